The van der Waals surface area contributed by atoms with Crippen molar-refractivity contribution in [2.45, 2.75) is 40.0 Å². The van der Waals surface area contributed by atoms with E-state index in [1.807, 2.05) is 19.1 Å². The van der Waals surface area contributed by atoms with Crippen LogP contribution in [0.25, 0.3) is 10.2 Å². The van der Waals surface area contributed by atoms with Crippen LogP contribution < -0.4 is 15.0 Å². The van der Waals surface area contributed by atoms with Gasteiger partial charge in [0.15, 0.2) is 5.13 Å². The van der Waals surface area contributed by atoms with Gasteiger partial charge in [-0.25, -0.2) is 4.98 Å². The van der Waals surface area contributed by atoms with E-state index in [1.54, 1.807) is 11.3 Å². The summed E-state index contributed by atoms with van der Waals surface area (Å²) in [4.78, 5) is 20.0. The fourth-order valence-corrected chi connectivity index (χ4v) is 5.09. The van der Waals surface area contributed by atoms with Gasteiger partial charge in [0, 0.05) is 24.7 Å². The van der Waals surface area contributed by atoms with Gasteiger partial charge in [-0.3, -0.25) is 4.79 Å². The number of benzene rings is 2. The summed E-state index contributed by atoms with van der Waals surface area (Å²) in [5, 5.41) is 4.24. The lowest BCUT2D eigenvalue weighted by atomic mass is 9.95. The maximum absolute atomic E-state index is 12.9. The number of carbonyl (C=O) groups excluding carboxylic acids is 1. The molecule has 0 atom stereocenters. The topological polar surface area (TPSA) is 54.5 Å². The summed E-state index contributed by atoms with van der Waals surface area (Å²) in [6.45, 7) is 8.54. The number of nitrogens with one attached hydrogen (secondary N) is 1. The van der Waals surface area contributed by atoms with Crippen molar-refractivity contribution in [3.8, 4) is 5.75 Å². The van der Waals surface area contributed by atoms with E-state index in [0.717, 1.165) is 64.7 Å². The van der Waals surface area contributed by atoms with Crippen molar-refractivity contribution in [1.82, 2.24) is 4.98 Å². The molecule has 2 aromatic carbocycles. The smallest absolute Gasteiger partial charge is 0.227 e. The lowest BCUT2D eigenvalue weighted by Gasteiger charge is -2.31. The summed E-state index contributed by atoms with van der Waals surface area (Å²) in [7, 11) is 0. The Morgan fingerprint density at radius 1 is 1.23 bits per heavy atom. The van der Waals surface area contributed by atoms with Gasteiger partial charge in [-0.15, -0.1) is 0 Å². The zero-order valence-corrected chi connectivity index (χ0v) is 18.7. The first kappa shape index (κ1) is 20.7. The van der Waals surface area contributed by atoms with Gasteiger partial charge in [0.05, 0.1) is 16.8 Å². The van der Waals surface area contributed by atoms with E-state index in [2.05, 4.69) is 48.3 Å². The minimum absolute atomic E-state index is 0.0458. The number of aromatic nitrogens is 1. The van der Waals surface area contributed by atoms with Crippen LogP contribution in [0.1, 0.15) is 37.8 Å². The predicted molar refractivity (Wildman–Crippen MR) is 125 cm³/mol. The van der Waals surface area contributed by atoms with Crippen LogP contribution in [0, 0.1) is 12.8 Å². The zero-order chi connectivity index (χ0) is 21.1. The summed E-state index contributed by atoms with van der Waals surface area (Å²) in [5.74, 6) is 1.08. The highest BCUT2D eigenvalue weighted by molar-refractivity contribution is 7.22. The average Bonchev–Trinajstić information content (AvgIpc) is 3.19. The molecule has 0 spiro atoms. The van der Waals surface area contributed by atoms with Crippen molar-refractivity contribution in [1.29, 1.82) is 0 Å². The van der Waals surface area contributed by atoms with E-state index >= 15 is 0 Å². The predicted octanol–water partition coefficient (Wildman–Crippen LogP) is 5.42. The summed E-state index contributed by atoms with van der Waals surface area (Å²) >= 11 is 1.70. The van der Waals surface area contributed by atoms with Gasteiger partial charge in [0.2, 0.25) is 5.91 Å². The maximum atomic E-state index is 12.9. The third-order valence-electron chi connectivity index (χ3n) is 5.78. The van der Waals surface area contributed by atoms with Crippen LogP contribution in [0.2, 0.25) is 0 Å². The lowest BCUT2D eigenvalue weighted by Crippen LogP contribution is -2.38. The molecule has 1 saturated heterocycles. The first-order valence-corrected chi connectivity index (χ1v) is 11.6. The number of carbonyl (C=O) groups is 1. The molecule has 0 saturated carbocycles. The molecular weight excluding hydrogens is 394 g/mol. The van der Waals surface area contributed by atoms with Crippen molar-refractivity contribution < 1.29 is 9.53 Å². The molecule has 1 aromatic heterocycles. The second-order valence-electron chi connectivity index (χ2n) is 7.77. The summed E-state index contributed by atoms with van der Waals surface area (Å²) in [5.41, 5.74) is 4.32. The van der Waals surface area contributed by atoms with Crippen LogP contribution in [-0.2, 0) is 11.2 Å². The SMILES string of the molecule is CCOc1ccc2nc(N3CCC(C(=O)Nc4c(C)cccc4CC)CC3)sc2c1. The number of amides is 1. The first-order valence-electron chi connectivity index (χ1n) is 10.8. The fourth-order valence-electron chi connectivity index (χ4n) is 4.04. The number of hydrogen-bond acceptors (Lipinski definition) is 5. The van der Waals surface area contributed by atoms with Gasteiger partial charge in [-0.1, -0.05) is 36.5 Å². The minimum atomic E-state index is 0.0458. The van der Waals surface area contributed by atoms with Crippen molar-refractivity contribution in [3.05, 3.63) is 47.5 Å². The van der Waals surface area contributed by atoms with Gasteiger partial charge in [-0.05, 0) is 62.4 Å². The van der Waals surface area contributed by atoms with Crippen molar-refractivity contribution >= 4 is 38.3 Å². The van der Waals surface area contributed by atoms with Crippen molar-refractivity contribution in [2.24, 2.45) is 5.92 Å². The van der Waals surface area contributed by atoms with Crippen LogP contribution >= 0.6 is 11.3 Å². The summed E-state index contributed by atoms with van der Waals surface area (Å²) in [6, 6.07) is 12.3. The van der Waals surface area contributed by atoms with E-state index in [4.69, 9.17) is 9.72 Å². The molecule has 1 amide bonds. The third kappa shape index (κ3) is 4.29. The number of rotatable bonds is 6. The summed E-state index contributed by atoms with van der Waals surface area (Å²) in [6.07, 6.45) is 2.61. The molecule has 0 radical (unpaired) electrons. The highest BCUT2D eigenvalue weighted by Gasteiger charge is 2.27. The molecule has 1 N–H and O–H groups in total. The van der Waals surface area contributed by atoms with Gasteiger partial charge >= 0.3 is 0 Å². The highest BCUT2D eigenvalue weighted by atomic mass is 32.1. The Morgan fingerprint density at radius 2 is 2.03 bits per heavy atom. The molecule has 0 aliphatic carbocycles. The maximum Gasteiger partial charge on any atom is 0.227 e. The number of nitrogens with zero attached hydrogens (tertiary/aromatic N) is 2. The molecule has 5 nitrogen and oxygen atoms in total. The molecule has 1 aliphatic heterocycles. The normalized spacial score (nSPS) is 14.8. The molecule has 0 unspecified atom stereocenters. The van der Waals surface area contributed by atoms with Crippen molar-refractivity contribution in [2.75, 3.05) is 29.9 Å². The molecule has 30 heavy (non-hydrogen) atoms. The van der Waals surface area contributed by atoms with E-state index < -0.39 is 0 Å². The van der Waals surface area contributed by atoms with Crippen LogP contribution in [0.4, 0.5) is 10.8 Å². The Kier molecular flexibility index (Phi) is 6.23. The number of thiazole rings is 1. The lowest BCUT2D eigenvalue weighted by molar-refractivity contribution is -0.120. The zero-order valence-electron chi connectivity index (χ0n) is 17.9. The Labute approximate surface area is 182 Å². The number of para-hydroxylation sites is 1. The molecule has 6 heteroatoms. The van der Waals surface area contributed by atoms with Crippen LogP contribution in [-0.4, -0.2) is 30.6 Å². The molecule has 3 aromatic rings. The Morgan fingerprint density at radius 3 is 2.77 bits per heavy atom. The van der Waals surface area contributed by atoms with Crippen LogP contribution in [0.3, 0.4) is 0 Å². The Bertz CT molecular complexity index is 1040. The van der Waals surface area contributed by atoms with Gasteiger partial charge in [0.1, 0.15) is 5.75 Å². The van der Waals surface area contributed by atoms with Crippen LogP contribution in [0.15, 0.2) is 36.4 Å². The largest absolute Gasteiger partial charge is 0.494 e. The first-order chi connectivity index (χ1) is 14.6. The van der Waals surface area contributed by atoms with Gasteiger partial charge in [-0.2, -0.15) is 0 Å². The molecule has 158 valence electrons. The molecule has 4 rings (SSSR count). The van der Waals surface area contributed by atoms with E-state index in [-0.39, 0.29) is 11.8 Å². The van der Waals surface area contributed by atoms with Crippen molar-refractivity contribution in [3.63, 3.8) is 0 Å². The van der Waals surface area contributed by atoms with E-state index in [9.17, 15) is 4.79 Å². The molecule has 1 aliphatic rings. The van der Waals surface area contributed by atoms with Gasteiger partial charge < -0.3 is 15.0 Å². The summed E-state index contributed by atoms with van der Waals surface area (Å²) < 4.78 is 6.74. The number of ether oxygens (including phenoxy) is 1. The standard InChI is InChI=1S/C24H29N3O2S/c1-4-17-8-6-7-16(3)22(17)26-23(28)18-11-13-27(14-12-18)24-25-20-10-9-19(29-5-2)15-21(20)30-24/h6-10,15,18H,4-5,11-14H2,1-3H3,(H,26,28). The minimum Gasteiger partial charge on any atom is -0.494 e. The number of fused-ring (bicyclic) bond motifs is 1. The van der Waals surface area contributed by atoms with Gasteiger partial charge in [0.25, 0.3) is 0 Å². The fraction of sp³-hybridized carbons (Fsp3) is 0.417. The van der Waals surface area contributed by atoms with E-state index in [1.165, 1.54) is 5.56 Å². The molecule has 0 bridgehead atoms. The number of aryl methyl sites for hydroxylation is 2. The number of piperidine rings is 1. The molecule has 2 heterocycles. The second kappa shape index (κ2) is 9.04. The Balaban J connectivity index is 1.40. The molecule has 1 fully saturated rings. The number of hydrogen-bond donors (Lipinski definition) is 1. The van der Waals surface area contributed by atoms with Crippen LogP contribution in [0.5, 0.6) is 5.75 Å². The highest BCUT2D eigenvalue weighted by Crippen LogP contribution is 2.34. The third-order valence-corrected chi connectivity index (χ3v) is 6.86. The monoisotopic (exact) mass is 423 g/mol. The van der Waals surface area contributed by atoms with E-state index in [0.29, 0.717) is 6.61 Å². The molecular formula is C24H29N3O2S. The quantitative estimate of drug-likeness (QED) is 0.575. The Hall–Kier alpha value is -2.60. The average molecular weight is 424 g/mol. The number of anilines is 2. The second-order valence-corrected chi connectivity index (χ2v) is 8.78.